The molecule has 0 saturated carbocycles. The Labute approximate surface area is 191 Å². The van der Waals surface area contributed by atoms with E-state index in [4.69, 9.17) is 9.72 Å². The molecular formula is C24H25FN6O2. The molecule has 8 nitrogen and oxygen atoms in total. The zero-order valence-corrected chi connectivity index (χ0v) is 18.8. The molecule has 5 rings (SSSR count). The number of aryl methyl sites for hydroxylation is 1. The number of piperazine rings is 1. The van der Waals surface area contributed by atoms with Crippen molar-refractivity contribution in [2.24, 2.45) is 0 Å². The van der Waals surface area contributed by atoms with Gasteiger partial charge in [0.05, 0.1) is 24.9 Å². The number of nitrogens with zero attached hydrogens (tertiary/aromatic N) is 5. The largest absolute Gasteiger partial charge is 0.496 e. The lowest BCUT2D eigenvalue weighted by atomic mass is 10.0. The molecular weight excluding hydrogens is 423 g/mol. The molecule has 0 bridgehead atoms. The van der Waals surface area contributed by atoms with Crippen LogP contribution in [0.25, 0.3) is 11.3 Å². The van der Waals surface area contributed by atoms with E-state index in [0.717, 1.165) is 25.3 Å². The van der Waals surface area contributed by atoms with Crippen LogP contribution >= 0.6 is 0 Å². The summed E-state index contributed by atoms with van der Waals surface area (Å²) < 4.78 is 20.2. The number of hydrogen-bond acceptors (Lipinski definition) is 7. The highest BCUT2D eigenvalue weighted by Gasteiger charge is 2.34. The first-order chi connectivity index (χ1) is 16.0. The van der Waals surface area contributed by atoms with Gasteiger partial charge in [-0.05, 0) is 32.0 Å². The van der Waals surface area contributed by atoms with Crippen molar-refractivity contribution >= 4 is 17.7 Å². The fourth-order valence-corrected chi connectivity index (χ4v) is 4.46. The number of amides is 1. The number of rotatable bonds is 4. The molecule has 1 unspecified atom stereocenters. The minimum atomic E-state index is -0.450. The van der Waals surface area contributed by atoms with E-state index in [0.29, 0.717) is 40.4 Å². The van der Waals surface area contributed by atoms with Crippen LogP contribution in [0.1, 0.15) is 28.5 Å². The van der Waals surface area contributed by atoms with Crippen molar-refractivity contribution in [1.82, 2.24) is 20.3 Å². The Morgan fingerprint density at radius 2 is 2.09 bits per heavy atom. The van der Waals surface area contributed by atoms with Gasteiger partial charge >= 0.3 is 0 Å². The van der Waals surface area contributed by atoms with Gasteiger partial charge in [0, 0.05) is 54.8 Å². The van der Waals surface area contributed by atoms with Gasteiger partial charge in [-0.2, -0.15) is 4.98 Å². The highest BCUT2D eigenvalue weighted by molar-refractivity contribution is 6.10. The SMILES string of the molecule is COc1cccc(F)c1-c1nccc2c1CN(c1cc(C)nc(N3CCNC(C)C3)n1)C2=O. The summed E-state index contributed by atoms with van der Waals surface area (Å²) in [6, 6.07) is 8.43. The third-order valence-corrected chi connectivity index (χ3v) is 6.04. The normalized spacial score (nSPS) is 17.9. The van der Waals surface area contributed by atoms with Crippen LogP contribution in [0, 0.1) is 12.7 Å². The molecule has 2 aromatic heterocycles. The fourth-order valence-electron chi connectivity index (χ4n) is 4.46. The van der Waals surface area contributed by atoms with Crippen molar-refractivity contribution in [3.63, 3.8) is 0 Å². The average molecular weight is 449 g/mol. The number of methoxy groups -OCH3 is 1. The van der Waals surface area contributed by atoms with E-state index in [-0.39, 0.29) is 18.0 Å². The standard InChI is InChI=1S/C24H25FN6O2/c1-14-11-20(29-24(28-14)30-10-9-26-15(2)12-30)31-13-17-16(23(31)32)7-8-27-22(17)21-18(25)5-4-6-19(21)33-3/h4-8,11,15,26H,9-10,12-13H2,1-3H3. The smallest absolute Gasteiger partial charge is 0.260 e. The van der Waals surface area contributed by atoms with E-state index in [9.17, 15) is 9.18 Å². The first-order valence-corrected chi connectivity index (χ1v) is 10.9. The zero-order chi connectivity index (χ0) is 23.1. The van der Waals surface area contributed by atoms with Crippen LogP contribution in [-0.2, 0) is 6.54 Å². The van der Waals surface area contributed by atoms with Gasteiger partial charge in [-0.25, -0.2) is 9.37 Å². The van der Waals surface area contributed by atoms with E-state index in [1.54, 1.807) is 29.2 Å². The summed E-state index contributed by atoms with van der Waals surface area (Å²) in [5.41, 5.74) is 2.57. The van der Waals surface area contributed by atoms with Crippen LogP contribution < -0.4 is 19.9 Å². The Balaban J connectivity index is 1.54. The number of carbonyl (C=O) groups is 1. The minimum absolute atomic E-state index is 0.193. The van der Waals surface area contributed by atoms with Crippen LogP contribution in [0.5, 0.6) is 5.75 Å². The maximum Gasteiger partial charge on any atom is 0.260 e. The Bertz CT molecular complexity index is 1230. The van der Waals surface area contributed by atoms with Crippen LogP contribution in [0.15, 0.2) is 36.5 Å². The second kappa shape index (κ2) is 8.40. The average Bonchev–Trinajstić information content (AvgIpc) is 3.15. The third kappa shape index (κ3) is 3.78. The zero-order valence-electron chi connectivity index (χ0n) is 18.8. The van der Waals surface area contributed by atoms with Gasteiger partial charge in [-0.3, -0.25) is 14.7 Å². The van der Waals surface area contributed by atoms with E-state index >= 15 is 0 Å². The summed E-state index contributed by atoms with van der Waals surface area (Å²) in [6.45, 7) is 6.69. The molecule has 3 aromatic rings. The summed E-state index contributed by atoms with van der Waals surface area (Å²) in [7, 11) is 1.49. The predicted molar refractivity (Wildman–Crippen MR) is 123 cm³/mol. The number of carbonyl (C=O) groups excluding carboxylic acids is 1. The number of hydrogen-bond donors (Lipinski definition) is 1. The third-order valence-electron chi connectivity index (χ3n) is 6.04. The molecule has 2 aliphatic heterocycles. The molecule has 9 heteroatoms. The Hall–Kier alpha value is -3.59. The summed E-state index contributed by atoms with van der Waals surface area (Å²) in [5.74, 6) is 0.859. The van der Waals surface area contributed by atoms with Gasteiger partial charge in [0.2, 0.25) is 5.95 Å². The lowest BCUT2D eigenvalue weighted by molar-refractivity contribution is 0.0996. The highest BCUT2D eigenvalue weighted by atomic mass is 19.1. The van der Waals surface area contributed by atoms with Gasteiger partial charge in [-0.1, -0.05) is 6.07 Å². The Kier molecular flexibility index (Phi) is 5.41. The Morgan fingerprint density at radius 1 is 1.24 bits per heavy atom. The quantitative estimate of drug-likeness (QED) is 0.657. The highest BCUT2D eigenvalue weighted by Crippen LogP contribution is 2.38. The van der Waals surface area contributed by atoms with E-state index in [1.165, 1.54) is 19.4 Å². The van der Waals surface area contributed by atoms with Crippen LogP contribution in [0.3, 0.4) is 0 Å². The molecule has 4 heterocycles. The van der Waals surface area contributed by atoms with Crippen molar-refractivity contribution < 1.29 is 13.9 Å². The molecule has 1 aromatic carbocycles. The fraction of sp³-hybridized carbons (Fsp3) is 0.333. The second-order valence-corrected chi connectivity index (χ2v) is 8.36. The molecule has 1 amide bonds. The molecule has 0 spiro atoms. The molecule has 2 aliphatic rings. The van der Waals surface area contributed by atoms with E-state index < -0.39 is 5.82 Å². The predicted octanol–water partition coefficient (Wildman–Crippen LogP) is 2.95. The van der Waals surface area contributed by atoms with Crippen LogP contribution in [0.4, 0.5) is 16.2 Å². The summed E-state index contributed by atoms with van der Waals surface area (Å²) in [6.07, 6.45) is 1.53. The molecule has 0 aliphatic carbocycles. The maximum atomic E-state index is 14.8. The van der Waals surface area contributed by atoms with Crippen molar-refractivity contribution in [1.29, 1.82) is 0 Å². The number of halogens is 1. The summed E-state index contributed by atoms with van der Waals surface area (Å²) >= 11 is 0. The number of benzene rings is 1. The number of pyridine rings is 1. The lowest BCUT2D eigenvalue weighted by Gasteiger charge is -2.32. The van der Waals surface area contributed by atoms with Gasteiger partial charge in [0.15, 0.2) is 0 Å². The number of fused-ring (bicyclic) bond motifs is 1. The van der Waals surface area contributed by atoms with Crippen LogP contribution in [-0.4, -0.2) is 53.6 Å². The van der Waals surface area contributed by atoms with Crippen molar-refractivity contribution in [3.8, 4) is 17.0 Å². The first kappa shape index (κ1) is 21.3. The second-order valence-electron chi connectivity index (χ2n) is 8.36. The summed E-state index contributed by atoms with van der Waals surface area (Å²) in [4.78, 5) is 30.9. The summed E-state index contributed by atoms with van der Waals surface area (Å²) in [5, 5.41) is 3.41. The molecule has 1 N–H and O–H groups in total. The molecule has 33 heavy (non-hydrogen) atoms. The number of nitrogens with one attached hydrogen (secondary N) is 1. The van der Waals surface area contributed by atoms with Crippen LogP contribution in [0.2, 0.25) is 0 Å². The minimum Gasteiger partial charge on any atom is -0.496 e. The van der Waals surface area contributed by atoms with Gasteiger partial charge < -0.3 is 15.0 Å². The number of anilines is 2. The molecule has 1 saturated heterocycles. The van der Waals surface area contributed by atoms with Crippen molar-refractivity contribution in [2.45, 2.75) is 26.4 Å². The lowest BCUT2D eigenvalue weighted by Crippen LogP contribution is -2.50. The molecule has 0 radical (unpaired) electrons. The van der Waals surface area contributed by atoms with E-state index in [2.05, 4.69) is 27.1 Å². The topological polar surface area (TPSA) is 83.5 Å². The molecule has 1 fully saturated rings. The van der Waals surface area contributed by atoms with Gasteiger partial charge in [0.1, 0.15) is 17.4 Å². The van der Waals surface area contributed by atoms with Gasteiger partial charge in [-0.15, -0.1) is 0 Å². The number of ether oxygens (including phenoxy) is 1. The monoisotopic (exact) mass is 448 g/mol. The van der Waals surface area contributed by atoms with Crippen molar-refractivity contribution in [2.75, 3.05) is 36.5 Å². The first-order valence-electron chi connectivity index (χ1n) is 10.9. The number of aromatic nitrogens is 3. The molecule has 1 atom stereocenters. The maximum absolute atomic E-state index is 14.8. The van der Waals surface area contributed by atoms with Crippen molar-refractivity contribution in [3.05, 3.63) is 59.2 Å². The van der Waals surface area contributed by atoms with E-state index in [1.807, 2.05) is 6.92 Å². The van der Waals surface area contributed by atoms with Gasteiger partial charge in [0.25, 0.3) is 5.91 Å². The Morgan fingerprint density at radius 3 is 2.88 bits per heavy atom. The molecule has 170 valence electrons.